The zero-order valence-electron chi connectivity index (χ0n) is 17.3. The van der Waals surface area contributed by atoms with Crippen LogP contribution in [0.2, 0.25) is 0 Å². The summed E-state index contributed by atoms with van der Waals surface area (Å²) in [6.07, 6.45) is 4.62. The van der Waals surface area contributed by atoms with Crippen LogP contribution in [-0.4, -0.2) is 34.2 Å². The molecule has 0 radical (unpaired) electrons. The number of rotatable bonds is 7. The van der Waals surface area contributed by atoms with Crippen LogP contribution in [0, 0.1) is 0 Å². The van der Waals surface area contributed by atoms with Crippen LogP contribution in [0.1, 0.15) is 42.0 Å². The van der Waals surface area contributed by atoms with Crippen LogP contribution in [0.4, 0.5) is 0 Å². The van der Waals surface area contributed by atoms with Gasteiger partial charge in [-0.25, -0.2) is 0 Å². The van der Waals surface area contributed by atoms with E-state index in [9.17, 15) is 4.79 Å². The van der Waals surface area contributed by atoms with Crippen LogP contribution in [0.3, 0.4) is 0 Å². The second kappa shape index (κ2) is 8.64. The van der Waals surface area contributed by atoms with Crippen molar-refractivity contribution in [1.82, 2.24) is 14.7 Å². The molecule has 0 spiro atoms. The second-order valence-electron chi connectivity index (χ2n) is 8.07. The maximum Gasteiger partial charge on any atom is 0.222 e. The summed E-state index contributed by atoms with van der Waals surface area (Å²) >= 11 is 0. The molecule has 4 heteroatoms. The summed E-state index contributed by atoms with van der Waals surface area (Å²) in [5.74, 6) is 0.628. The SMILES string of the molecule is CN(CCCc1cc(-c2ccccc2)n(C)n1)C(=O)CC1CCc2ccccc21. The monoisotopic (exact) mass is 387 g/mol. The molecule has 1 heterocycles. The Labute approximate surface area is 173 Å². The van der Waals surface area contributed by atoms with Gasteiger partial charge in [-0.2, -0.15) is 5.10 Å². The number of aryl methyl sites for hydroxylation is 3. The minimum atomic E-state index is 0.248. The van der Waals surface area contributed by atoms with E-state index in [2.05, 4.69) is 47.6 Å². The van der Waals surface area contributed by atoms with E-state index in [0.29, 0.717) is 12.3 Å². The molecule has 1 aliphatic carbocycles. The lowest BCUT2D eigenvalue weighted by molar-refractivity contribution is -0.130. The van der Waals surface area contributed by atoms with Crippen LogP contribution in [0.15, 0.2) is 60.7 Å². The standard InChI is InChI=1S/C25H29N3O/c1-27(25(29)17-21-15-14-19-9-6-7-13-23(19)21)16-8-12-22-18-24(28(2)26-22)20-10-4-3-5-11-20/h3-7,9-11,13,18,21H,8,12,14-17H2,1-2H3. The Morgan fingerprint density at radius 2 is 1.90 bits per heavy atom. The van der Waals surface area contributed by atoms with Gasteiger partial charge in [-0.15, -0.1) is 0 Å². The van der Waals surface area contributed by atoms with Crippen molar-refractivity contribution in [3.63, 3.8) is 0 Å². The van der Waals surface area contributed by atoms with Crippen LogP contribution in [0.25, 0.3) is 11.3 Å². The lowest BCUT2D eigenvalue weighted by Gasteiger charge is -2.19. The number of amides is 1. The minimum Gasteiger partial charge on any atom is -0.346 e. The van der Waals surface area contributed by atoms with E-state index < -0.39 is 0 Å². The van der Waals surface area contributed by atoms with Crippen molar-refractivity contribution in [3.05, 3.63) is 77.5 Å². The summed E-state index contributed by atoms with van der Waals surface area (Å²) in [5, 5.41) is 4.65. The van der Waals surface area contributed by atoms with Gasteiger partial charge in [-0.3, -0.25) is 9.48 Å². The maximum absolute atomic E-state index is 12.7. The van der Waals surface area contributed by atoms with Crippen LogP contribution >= 0.6 is 0 Å². The molecule has 1 unspecified atom stereocenters. The third-order valence-electron chi connectivity index (χ3n) is 6.03. The van der Waals surface area contributed by atoms with Gasteiger partial charge < -0.3 is 4.90 Å². The third-order valence-corrected chi connectivity index (χ3v) is 6.03. The average Bonchev–Trinajstić information content (AvgIpc) is 3.32. The molecule has 29 heavy (non-hydrogen) atoms. The molecule has 1 atom stereocenters. The number of fused-ring (bicyclic) bond motifs is 1. The molecule has 2 aromatic carbocycles. The molecule has 0 saturated carbocycles. The molecule has 1 aromatic heterocycles. The van der Waals surface area contributed by atoms with Crippen molar-refractivity contribution in [1.29, 1.82) is 0 Å². The highest BCUT2D eigenvalue weighted by Crippen LogP contribution is 2.35. The number of carbonyl (C=O) groups excluding carboxylic acids is 1. The molecule has 4 nitrogen and oxygen atoms in total. The van der Waals surface area contributed by atoms with E-state index >= 15 is 0 Å². The van der Waals surface area contributed by atoms with Crippen molar-refractivity contribution in [2.45, 2.75) is 38.0 Å². The number of aromatic nitrogens is 2. The normalized spacial score (nSPS) is 15.3. The van der Waals surface area contributed by atoms with Crippen LogP contribution in [0.5, 0.6) is 0 Å². The highest BCUT2D eigenvalue weighted by atomic mass is 16.2. The zero-order chi connectivity index (χ0) is 20.2. The molecule has 1 amide bonds. The fraction of sp³-hybridized carbons (Fsp3) is 0.360. The van der Waals surface area contributed by atoms with Crippen molar-refractivity contribution < 1.29 is 4.79 Å². The quantitative estimate of drug-likeness (QED) is 0.594. The van der Waals surface area contributed by atoms with Crippen LogP contribution in [-0.2, 0) is 24.7 Å². The summed E-state index contributed by atoms with van der Waals surface area (Å²) in [7, 11) is 3.91. The van der Waals surface area contributed by atoms with Gasteiger partial charge in [0, 0.05) is 27.1 Å². The van der Waals surface area contributed by atoms with Crippen molar-refractivity contribution in [3.8, 4) is 11.3 Å². The van der Waals surface area contributed by atoms with Crippen molar-refractivity contribution in [2.24, 2.45) is 7.05 Å². The molecule has 0 aliphatic heterocycles. The Hall–Kier alpha value is -2.88. The Bertz CT molecular complexity index is 977. The Morgan fingerprint density at radius 3 is 2.72 bits per heavy atom. The lowest BCUT2D eigenvalue weighted by atomic mass is 9.97. The zero-order valence-corrected chi connectivity index (χ0v) is 17.3. The van der Waals surface area contributed by atoms with Gasteiger partial charge in [-0.1, -0.05) is 54.6 Å². The number of benzene rings is 2. The maximum atomic E-state index is 12.7. The molecule has 0 saturated heterocycles. The molecule has 0 fully saturated rings. The van der Waals surface area contributed by atoms with Crippen molar-refractivity contribution in [2.75, 3.05) is 13.6 Å². The molecule has 0 bridgehead atoms. The summed E-state index contributed by atoms with van der Waals surface area (Å²) in [4.78, 5) is 14.6. The summed E-state index contributed by atoms with van der Waals surface area (Å²) in [6, 6.07) is 21.0. The molecule has 0 N–H and O–H groups in total. The first-order chi connectivity index (χ1) is 14.1. The van der Waals surface area contributed by atoms with Crippen molar-refractivity contribution >= 4 is 5.91 Å². The lowest BCUT2D eigenvalue weighted by Crippen LogP contribution is -2.29. The molecule has 1 aliphatic rings. The van der Waals surface area contributed by atoms with E-state index in [1.807, 2.05) is 41.9 Å². The average molecular weight is 388 g/mol. The molecule has 3 aromatic rings. The molecule has 150 valence electrons. The largest absolute Gasteiger partial charge is 0.346 e. The van der Waals surface area contributed by atoms with Crippen LogP contribution < -0.4 is 0 Å². The Morgan fingerprint density at radius 1 is 1.14 bits per heavy atom. The van der Waals surface area contributed by atoms with E-state index in [0.717, 1.165) is 43.6 Å². The summed E-state index contributed by atoms with van der Waals surface area (Å²) < 4.78 is 1.94. The Kier molecular flexibility index (Phi) is 5.79. The van der Waals surface area contributed by atoms with E-state index in [4.69, 9.17) is 0 Å². The first-order valence-corrected chi connectivity index (χ1v) is 10.5. The van der Waals surface area contributed by atoms with E-state index in [1.165, 1.54) is 16.7 Å². The fourth-order valence-electron chi connectivity index (χ4n) is 4.37. The smallest absolute Gasteiger partial charge is 0.222 e. The van der Waals surface area contributed by atoms with Gasteiger partial charge in [0.2, 0.25) is 5.91 Å². The molecule has 4 rings (SSSR count). The number of carbonyl (C=O) groups is 1. The number of hydrogen-bond donors (Lipinski definition) is 0. The predicted octanol–water partition coefficient (Wildman–Crippen LogP) is 4.60. The fourth-order valence-corrected chi connectivity index (χ4v) is 4.37. The van der Waals surface area contributed by atoms with E-state index in [1.54, 1.807) is 0 Å². The third kappa shape index (κ3) is 4.42. The van der Waals surface area contributed by atoms with Gasteiger partial charge in [-0.05, 0) is 54.4 Å². The highest BCUT2D eigenvalue weighted by molar-refractivity contribution is 5.77. The van der Waals surface area contributed by atoms with Gasteiger partial charge in [0.05, 0.1) is 11.4 Å². The van der Waals surface area contributed by atoms with Gasteiger partial charge in [0.1, 0.15) is 0 Å². The topological polar surface area (TPSA) is 38.1 Å². The minimum absolute atomic E-state index is 0.248. The Balaban J connectivity index is 1.28. The molecular formula is C25H29N3O. The second-order valence-corrected chi connectivity index (χ2v) is 8.07. The van der Waals surface area contributed by atoms with Gasteiger partial charge >= 0.3 is 0 Å². The van der Waals surface area contributed by atoms with Gasteiger partial charge in [0.15, 0.2) is 0 Å². The summed E-state index contributed by atoms with van der Waals surface area (Å²) in [6.45, 7) is 0.768. The predicted molar refractivity (Wildman–Crippen MR) is 117 cm³/mol. The first kappa shape index (κ1) is 19.4. The van der Waals surface area contributed by atoms with E-state index in [-0.39, 0.29) is 5.91 Å². The van der Waals surface area contributed by atoms with Gasteiger partial charge in [0.25, 0.3) is 0 Å². The number of nitrogens with zero attached hydrogens (tertiary/aromatic N) is 3. The first-order valence-electron chi connectivity index (χ1n) is 10.5. The molecular weight excluding hydrogens is 358 g/mol. The summed E-state index contributed by atoms with van der Waals surface area (Å²) in [5.41, 5.74) is 6.17. The number of hydrogen-bond acceptors (Lipinski definition) is 2. The highest BCUT2D eigenvalue weighted by Gasteiger charge is 2.25.